The second-order valence-corrected chi connectivity index (χ2v) is 6.06. The molecule has 0 saturated carbocycles. The third-order valence-electron chi connectivity index (χ3n) is 3.18. The van der Waals surface area contributed by atoms with Crippen molar-refractivity contribution in [2.75, 3.05) is 10.6 Å². The number of rotatable bonds is 3. The SMILES string of the molecule is CC(=O)Nc1cc(NC(=O)c2cc3ccccc3s2)ccc1F. The van der Waals surface area contributed by atoms with Crippen molar-refractivity contribution in [1.82, 2.24) is 0 Å². The summed E-state index contributed by atoms with van der Waals surface area (Å²) < 4.78 is 14.6. The summed E-state index contributed by atoms with van der Waals surface area (Å²) in [7, 11) is 0. The lowest BCUT2D eigenvalue weighted by molar-refractivity contribution is -0.114. The van der Waals surface area contributed by atoms with Crippen LogP contribution in [-0.2, 0) is 4.79 Å². The van der Waals surface area contributed by atoms with Crippen LogP contribution in [0.1, 0.15) is 16.6 Å². The number of amides is 2. The topological polar surface area (TPSA) is 58.2 Å². The summed E-state index contributed by atoms with van der Waals surface area (Å²) in [5.41, 5.74) is 0.448. The molecule has 1 aromatic heterocycles. The number of hydrogen-bond donors (Lipinski definition) is 2. The molecule has 116 valence electrons. The molecule has 23 heavy (non-hydrogen) atoms. The van der Waals surface area contributed by atoms with E-state index in [1.807, 2.05) is 30.3 Å². The van der Waals surface area contributed by atoms with Gasteiger partial charge in [0.15, 0.2) is 0 Å². The zero-order valence-corrected chi connectivity index (χ0v) is 13.0. The van der Waals surface area contributed by atoms with Gasteiger partial charge in [-0.2, -0.15) is 0 Å². The summed E-state index contributed by atoms with van der Waals surface area (Å²) in [5, 5.41) is 6.10. The minimum Gasteiger partial charge on any atom is -0.324 e. The van der Waals surface area contributed by atoms with Crippen LogP contribution in [0.4, 0.5) is 15.8 Å². The average Bonchev–Trinajstić information content (AvgIpc) is 2.94. The first-order chi connectivity index (χ1) is 11.0. The predicted octanol–water partition coefficient (Wildman–Crippen LogP) is 4.25. The van der Waals surface area contributed by atoms with Gasteiger partial charge in [0.25, 0.3) is 5.91 Å². The molecule has 0 spiro atoms. The summed E-state index contributed by atoms with van der Waals surface area (Å²) in [6, 6.07) is 13.6. The van der Waals surface area contributed by atoms with Gasteiger partial charge in [-0.3, -0.25) is 9.59 Å². The predicted molar refractivity (Wildman–Crippen MR) is 90.5 cm³/mol. The molecule has 1 heterocycles. The molecule has 0 aliphatic carbocycles. The van der Waals surface area contributed by atoms with Crippen LogP contribution in [0, 0.1) is 5.82 Å². The van der Waals surface area contributed by atoms with Gasteiger partial charge in [-0.15, -0.1) is 11.3 Å². The number of halogens is 1. The third kappa shape index (κ3) is 3.37. The smallest absolute Gasteiger partial charge is 0.265 e. The summed E-state index contributed by atoms with van der Waals surface area (Å²) >= 11 is 1.39. The minimum atomic E-state index is -0.555. The van der Waals surface area contributed by atoms with Crippen LogP contribution < -0.4 is 10.6 Å². The number of nitrogens with one attached hydrogen (secondary N) is 2. The Hall–Kier alpha value is -2.73. The Balaban J connectivity index is 1.83. The van der Waals surface area contributed by atoms with Crippen molar-refractivity contribution in [2.45, 2.75) is 6.92 Å². The Labute approximate surface area is 135 Å². The lowest BCUT2D eigenvalue weighted by Crippen LogP contribution is -2.12. The highest BCUT2D eigenvalue weighted by Crippen LogP contribution is 2.26. The van der Waals surface area contributed by atoms with Crippen molar-refractivity contribution in [1.29, 1.82) is 0 Å². The van der Waals surface area contributed by atoms with Crippen LogP contribution in [0.3, 0.4) is 0 Å². The van der Waals surface area contributed by atoms with E-state index < -0.39 is 5.82 Å². The van der Waals surface area contributed by atoms with Gasteiger partial charge in [-0.25, -0.2) is 4.39 Å². The van der Waals surface area contributed by atoms with Crippen LogP contribution in [0.15, 0.2) is 48.5 Å². The highest BCUT2D eigenvalue weighted by molar-refractivity contribution is 7.20. The lowest BCUT2D eigenvalue weighted by atomic mass is 10.2. The molecule has 2 amide bonds. The number of anilines is 2. The van der Waals surface area contributed by atoms with Crippen LogP contribution in [0.2, 0.25) is 0 Å². The van der Waals surface area contributed by atoms with E-state index in [2.05, 4.69) is 10.6 Å². The van der Waals surface area contributed by atoms with Crippen LogP contribution in [-0.4, -0.2) is 11.8 Å². The average molecular weight is 328 g/mol. The third-order valence-corrected chi connectivity index (χ3v) is 4.30. The molecule has 6 heteroatoms. The molecule has 0 radical (unpaired) electrons. The van der Waals surface area contributed by atoms with E-state index >= 15 is 0 Å². The highest BCUT2D eigenvalue weighted by Gasteiger charge is 2.12. The molecule has 0 saturated heterocycles. The Bertz CT molecular complexity index is 871. The molecule has 0 aliphatic rings. The number of carbonyl (C=O) groups excluding carboxylic acids is 2. The summed E-state index contributed by atoms with van der Waals surface area (Å²) in [6.45, 7) is 1.29. The standard InChI is InChI=1S/C17H13FN2O2S/c1-10(21)19-14-9-12(6-7-13(14)18)20-17(22)16-8-11-4-2-3-5-15(11)23-16/h2-9H,1H3,(H,19,21)(H,20,22). The van der Waals surface area contributed by atoms with E-state index in [-0.39, 0.29) is 17.5 Å². The number of thiophene rings is 1. The molecular weight excluding hydrogens is 315 g/mol. The lowest BCUT2D eigenvalue weighted by Gasteiger charge is -2.08. The Morgan fingerprint density at radius 3 is 2.57 bits per heavy atom. The second-order valence-electron chi connectivity index (χ2n) is 4.98. The molecule has 0 fully saturated rings. The van der Waals surface area contributed by atoms with E-state index in [9.17, 15) is 14.0 Å². The fraction of sp³-hybridized carbons (Fsp3) is 0.0588. The van der Waals surface area contributed by atoms with Crippen LogP contribution in [0.5, 0.6) is 0 Å². The van der Waals surface area contributed by atoms with E-state index in [1.165, 1.54) is 36.5 Å². The maximum Gasteiger partial charge on any atom is 0.265 e. The van der Waals surface area contributed by atoms with Crippen molar-refractivity contribution in [3.8, 4) is 0 Å². The quantitative estimate of drug-likeness (QED) is 0.755. The molecule has 0 aliphatic heterocycles. The van der Waals surface area contributed by atoms with Crippen molar-refractivity contribution in [3.05, 3.63) is 59.2 Å². The molecule has 2 aromatic carbocycles. The Morgan fingerprint density at radius 2 is 1.83 bits per heavy atom. The Kier molecular flexibility index (Phi) is 4.08. The van der Waals surface area contributed by atoms with Gasteiger partial charge in [-0.05, 0) is 35.7 Å². The first kappa shape index (κ1) is 15.2. The van der Waals surface area contributed by atoms with E-state index in [0.717, 1.165) is 10.1 Å². The normalized spacial score (nSPS) is 10.5. The first-order valence-electron chi connectivity index (χ1n) is 6.90. The summed E-state index contributed by atoms with van der Waals surface area (Å²) in [5.74, 6) is -1.21. The van der Waals surface area contributed by atoms with Gasteiger partial charge >= 0.3 is 0 Å². The number of carbonyl (C=O) groups is 2. The van der Waals surface area contributed by atoms with Gasteiger partial charge < -0.3 is 10.6 Å². The minimum absolute atomic E-state index is 0.0339. The second kappa shape index (κ2) is 6.18. The van der Waals surface area contributed by atoms with Gasteiger partial charge in [0.1, 0.15) is 5.82 Å². The number of benzene rings is 2. The first-order valence-corrected chi connectivity index (χ1v) is 7.71. The zero-order valence-electron chi connectivity index (χ0n) is 12.2. The summed E-state index contributed by atoms with van der Waals surface area (Å²) in [4.78, 5) is 23.9. The summed E-state index contributed by atoms with van der Waals surface area (Å²) in [6.07, 6.45) is 0. The van der Waals surface area contributed by atoms with Gasteiger partial charge in [0, 0.05) is 17.3 Å². The molecular formula is C17H13FN2O2S. The van der Waals surface area contributed by atoms with E-state index in [4.69, 9.17) is 0 Å². The molecule has 0 unspecified atom stereocenters. The largest absolute Gasteiger partial charge is 0.324 e. The molecule has 2 N–H and O–H groups in total. The maximum absolute atomic E-state index is 13.6. The van der Waals surface area contributed by atoms with Gasteiger partial charge in [0.05, 0.1) is 10.6 Å². The monoisotopic (exact) mass is 328 g/mol. The number of hydrogen-bond acceptors (Lipinski definition) is 3. The zero-order chi connectivity index (χ0) is 16.4. The van der Waals surface area contributed by atoms with Gasteiger partial charge in [-0.1, -0.05) is 18.2 Å². The van der Waals surface area contributed by atoms with Crippen molar-refractivity contribution >= 4 is 44.6 Å². The molecule has 0 bridgehead atoms. The van der Waals surface area contributed by atoms with Crippen molar-refractivity contribution in [2.24, 2.45) is 0 Å². The Morgan fingerprint density at radius 1 is 1.04 bits per heavy atom. The molecule has 0 atom stereocenters. The van der Waals surface area contributed by atoms with Crippen LogP contribution >= 0.6 is 11.3 Å². The molecule has 4 nitrogen and oxygen atoms in total. The van der Waals surface area contributed by atoms with Crippen molar-refractivity contribution in [3.63, 3.8) is 0 Å². The highest BCUT2D eigenvalue weighted by atomic mass is 32.1. The van der Waals surface area contributed by atoms with Crippen molar-refractivity contribution < 1.29 is 14.0 Å². The van der Waals surface area contributed by atoms with Crippen LogP contribution in [0.25, 0.3) is 10.1 Å². The van der Waals surface area contributed by atoms with Gasteiger partial charge in [0.2, 0.25) is 5.91 Å². The van der Waals surface area contributed by atoms with E-state index in [1.54, 1.807) is 0 Å². The molecule has 3 rings (SSSR count). The fourth-order valence-electron chi connectivity index (χ4n) is 2.17. The molecule has 3 aromatic rings. The fourth-order valence-corrected chi connectivity index (χ4v) is 3.13. The number of fused-ring (bicyclic) bond motifs is 1. The maximum atomic E-state index is 13.6. The van der Waals surface area contributed by atoms with E-state index in [0.29, 0.717) is 10.6 Å².